The van der Waals surface area contributed by atoms with Crippen molar-refractivity contribution < 1.29 is 14.3 Å². The van der Waals surface area contributed by atoms with Crippen molar-refractivity contribution in [2.45, 2.75) is 26.3 Å². The van der Waals surface area contributed by atoms with Crippen molar-refractivity contribution in [3.63, 3.8) is 0 Å². The first-order valence-corrected chi connectivity index (χ1v) is 12.9. The van der Waals surface area contributed by atoms with Gasteiger partial charge in [-0.15, -0.1) is 0 Å². The molecule has 188 valence electrons. The summed E-state index contributed by atoms with van der Waals surface area (Å²) in [5.74, 6) is -0.473. The van der Waals surface area contributed by atoms with Crippen LogP contribution in [0.1, 0.15) is 36.1 Å². The van der Waals surface area contributed by atoms with Gasteiger partial charge in [-0.2, -0.15) is 0 Å². The highest BCUT2D eigenvalue weighted by atomic mass is 32.2. The maximum atomic E-state index is 13.5. The molecule has 2 aliphatic heterocycles. The fourth-order valence-corrected chi connectivity index (χ4v) is 5.12. The highest BCUT2D eigenvalue weighted by Gasteiger charge is 2.42. The number of hydrogen-bond donors (Lipinski definition) is 1. The van der Waals surface area contributed by atoms with Crippen molar-refractivity contribution in [1.82, 2.24) is 15.1 Å². The minimum Gasteiger partial charge on any atom is -0.463 e. The summed E-state index contributed by atoms with van der Waals surface area (Å²) >= 11 is 1.47. The fraction of sp³-hybridized carbons (Fsp3) is 0.321. The lowest BCUT2D eigenvalue weighted by molar-refractivity contribution is -0.139. The normalized spacial score (nSPS) is 17.0. The molecule has 8 heteroatoms. The predicted molar refractivity (Wildman–Crippen MR) is 145 cm³/mol. The van der Waals surface area contributed by atoms with Crippen molar-refractivity contribution >= 4 is 34.5 Å². The molecule has 0 saturated heterocycles. The number of nitrogens with one attached hydrogen (secondary N) is 1. The molecule has 1 atom stereocenters. The van der Waals surface area contributed by atoms with E-state index in [4.69, 9.17) is 9.73 Å². The molecular weight excluding hydrogens is 472 g/mol. The average Bonchev–Trinajstić information content (AvgIpc) is 3.26. The number of amides is 1. The molecule has 1 amide bonds. The number of rotatable bonds is 9. The molecule has 2 heterocycles. The summed E-state index contributed by atoms with van der Waals surface area (Å²) in [5, 5.41) is 5.69. The Balaban J connectivity index is 1.77. The molecule has 0 spiro atoms. The monoisotopic (exact) mass is 504 g/mol. The number of carbonyl (C=O) groups excluding carboxylic acids is 2. The van der Waals surface area contributed by atoms with Crippen molar-refractivity contribution in [3.8, 4) is 0 Å². The summed E-state index contributed by atoms with van der Waals surface area (Å²) in [6.07, 6.45) is 0.193. The number of esters is 1. The van der Waals surface area contributed by atoms with E-state index in [0.29, 0.717) is 17.8 Å². The summed E-state index contributed by atoms with van der Waals surface area (Å²) in [4.78, 5) is 35.2. The van der Waals surface area contributed by atoms with E-state index in [0.717, 1.165) is 34.1 Å². The highest BCUT2D eigenvalue weighted by molar-refractivity contribution is 8.16. The van der Waals surface area contributed by atoms with Gasteiger partial charge in [0.1, 0.15) is 0 Å². The summed E-state index contributed by atoms with van der Waals surface area (Å²) in [6, 6.07) is 17.4. The topological polar surface area (TPSA) is 74.2 Å². The van der Waals surface area contributed by atoms with Gasteiger partial charge in [-0.25, -0.2) is 9.79 Å². The zero-order valence-corrected chi connectivity index (χ0v) is 22.0. The van der Waals surface area contributed by atoms with Gasteiger partial charge in [0.15, 0.2) is 5.17 Å². The van der Waals surface area contributed by atoms with Crippen molar-refractivity contribution in [2.24, 2.45) is 4.99 Å². The van der Waals surface area contributed by atoms with Crippen LogP contribution < -0.4 is 5.32 Å². The van der Waals surface area contributed by atoms with E-state index in [1.807, 2.05) is 90.8 Å². The van der Waals surface area contributed by atoms with E-state index >= 15 is 0 Å². The van der Waals surface area contributed by atoms with Crippen LogP contribution in [0.5, 0.6) is 0 Å². The Labute approximate surface area is 216 Å². The van der Waals surface area contributed by atoms with E-state index < -0.39 is 12.0 Å². The molecule has 0 unspecified atom stereocenters. The molecular formula is C28H32N4O3S. The number of thioether (sulfide) groups is 1. The molecule has 2 aromatic carbocycles. The second-order valence-corrected chi connectivity index (χ2v) is 9.82. The van der Waals surface area contributed by atoms with Crippen molar-refractivity contribution in [1.29, 1.82) is 0 Å². The molecule has 4 rings (SSSR count). The Kier molecular flexibility index (Phi) is 8.28. The average molecular weight is 505 g/mol. The molecule has 0 saturated carbocycles. The number of hydrogen-bond acceptors (Lipinski definition) is 7. The van der Waals surface area contributed by atoms with Gasteiger partial charge in [0.25, 0.3) is 0 Å². The first kappa shape index (κ1) is 25.7. The van der Waals surface area contributed by atoms with Gasteiger partial charge >= 0.3 is 5.97 Å². The molecule has 0 radical (unpaired) electrons. The van der Waals surface area contributed by atoms with Crippen LogP contribution in [0, 0.1) is 6.92 Å². The van der Waals surface area contributed by atoms with Crippen LogP contribution in [-0.4, -0.2) is 60.6 Å². The zero-order valence-electron chi connectivity index (χ0n) is 21.2. The van der Waals surface area contributed by atoms with Gasteiger partial charge in [-0.05, 0) is 38.9 Å². The van der Waals surface area contributed by atoms with Crippen LogP contribution in [0.25, 0.3) is 5.70 Å². The number of likely N-dealkylation sites (N-methyl/N-ethyl adjacent to an activating group) is 1. The number of amidine groups is 1. The molecule has 0 aliphatic carbocycles. The number of carbonyl (C=O) groups is 2. The molecule has 7 nitrogen and oxygen atoms in total. The predicted octanol–water partition coefficient (Wildman–Crippen LogP) is 4.34. The summed E-state index contributed by atoms with van der Waals surface area (Å²) < 4.78 is 5.55. The first-order chi connectivity index (χ1) is 17.4. The summed E-state index contributed by atoms with van der Waals surface area (Å²) in [6.45, 7) is 5.42. The van der Waals surface area contributed by atoms with E-state index in [2.05, 4.69) is 5.32 Å². The van der Waals surface area contributed by atoms with E-state index in [-0.39, 0.29) is 18.9 Å². The third-order valence-corrected chi connectivity index (χ3v) is 6.86. The minimum atomic E-state index is -0.469. The molecule has 2 aliphatic rings. The van der Waals surface area contributed by atoms with Gasteiger partial charge < -0.3 is 19.9 Å². The minimum absolute atomic E-state index is 0.0665. The van der Waals surface area contributed by atoms with E-state index in [1.165, 1.54) is 11.8 Å². The maximum Gasteiger partial charge on any atom is 0.338 e. The van der Waals surface area contributed by atoms with Gasteiger partial charge in [-0.3, -0.25) is 4.79 Å². The Morgan fingerprint density at radius 1 is 1.11 bits per heavy atom. The van der Waals surface area contributed by atoms with Crippen LogP contribution in [0.15, 0.2) is 76.3 Å². The number of ether oxygens (including phenoxy) is 1. The molecule has 0 bridgehead atoms. The van der Waals surface area contributed by atoms with Gasteiger partial charge in [0.2, 0.25) is 5.91 Å². The number of aryl methyl sites for hydroxylation is 1. The summed E-state index contributed by atoms with van der Waals surface area (Å²) in [7, 11) is 3.94. The fourth-order valence-electron chi connectivity index (χ4n) is 4.20. The van der Waals surface area contributed by atoms with Crippen LogP contribution in [0.3, 0.4) is 0 Å². The van der Waals surface area contributed by atoms with Crippen molar-refractivity contribution in [3.05, 3.63) is 88.0 Å². The molecule has 0 aromatic heterocycles. The van der Waals surface area contributed by atoms with Gasteiger partial charge in [0.05, 0.1) is 30.3 Å². The standard InChI is InChI=1S/C28H32N4O3S/c1-5-35-27(34)24-25(20-9-7-6-8-10-20)30-28-32(26(24)21-13-11-19(2)12-14-21)22(18-36-28)17-23(33)29-15-16-31(3)4/h6-14,18,26H,5,15-17H2,1-4H3,(H,29,33)/t26-/m0/s1. The lowest BCUT2D eigenvalue weighted by Gasteiger charge is -2.36. The third-order valence-electron chi connectivity index (χ3n) is 5.97. The zero-order chi connectivity index (χ0) is 25.7. The second-order valence-electron chi connectivity index (χ2n) is 8.98. The smallest absolute Gasteiger partial charge is 0.338 e. The number of aliphatic imine (C=N–C) groups is 1. The quantitative estimate of drug-likeness (QED) is 0.512. The van der Waals surface area contributed by atoms with E-state index in [9.17, 15) is 9.59 Å². The van der Waals surface area contributed by atoms with Crippen LogP contribution in [-0.2, 0) is 14.3 Å². The Morgan fingerprint density at radius 3 is 2.50 bits per heavy atom. The van der Waals surface area contributed by atoms with E-state index in [1.54, 1.807) is 6.92 Å². The Hall–Kier alpha value is -3.36. The largest absolute Gasteiger partial charge is 0.463 e. The Bertz CT molecular complexity index is 1200. The SMILES string of the molecule is CCOC(=O)C1=C(c2ccccc2)N=C2SC=C(CC(=O)NCCN(C)C)N2[C@H]1c1ccc(C)cc1. The second kappa shape index (κ2) is 11.6. The summed E-state index contributed by atoms with van der Waals surface area (Å²) in [5.41, 5.74) is 4.78. The highest BCUT2D eigenvalue weighted by Crippen LogP contribution is 2.47. The number of fused-ring (bicyclic) bond motifs is 1. The lowest BCUT2D eigenvalue weighted by Crippen LogP contribution is -2.38. The molecule has 1 N–H and O–H groups in total. The lowest BCUT2D eigenvalue weighted by atomic mass is 9.91. The first-order valence-electron chi connectivity index (χ1n) is 12.1. The Morgan fingerprint density at radius 2 is 1.83 bits per heavy atom. The third kappa shape index (κ3) is 5.71. The molecule has 0 fully saturated rings. The van der Waals surface area contributed by atoms with Gasteiger partial charge in [-0.1, -0.05) is 71.9 Å². The van der Waals surface area contributed by atoms with Crippen LogP contribution in [0.4, 0.5) is 0 Å². The van der Waals surface area contributed by atoms with Crippen LogP contribution >= 0.6 is 11.8 Å². The van der Waals surface area contributed by atoms with Crippen molar-refractivity contribution in [2.75, 3.05) is 33.8 Å². The molecule has 2 aromatic rings. The van der Waals surface area contributed by atoms with Crippen LogP contribution in [0.2, 0.25) is 0 Å². The van der Waals surface area contributed by atoms with Gasteiger partial charge in [0, 0.05) is 24.4 Å². The maximum absolute atomic E-state index is 13.5. The number of benzene rings is 2. The molecule has 36 heavy (non-hydrogen) atoms. The number of nitrogens with zero attached hydrogens (tertiary/aromatic N) is 3.